The van der Waals surface area contributed by atoms with Gasteiger partial charge in [-0.05, 0) is 51.8 Å². The van der Waals surface area contributed by atoms with Gasteiger partial charge in [0.15, 0.2) is 0 Å². The van der Waals surface area contributed by atoms with E-state index in [4.69, 9.17) is 5.14 Å². The maximum absolute atomic E-state index is 12.4. The highest BCUT2D eigenvalue weighted by Crippen LogP contribution is 2.24. The molecule has 2 aromatic rings. The Morgan fingerprint density at radius 1 is 1.21 bits per heavy atom. The Labute approximate surface area is 146 Å². The summed E-state index contributed by atoms with van der Waals surface area (Å²) < 4.78 is 23.3. The molecular formula is C15H12BrN3O4S. The van der Waals surface area contributed by atoms with Gasteiger partial charge in [-0.1, -0.05) is 6.07 Å². The van der Waals surface area contributed by atoms with Gasteiger partial charge in [0.1, 0.15) is 0 Å². The number of carbonyl (C=O) groups excluding carboxylic acids is 2. The van der Waals surface area contributed by atoms with Gasteiger partial charge < -0.3 is 10.6 Å². The fourth-order valence-corrected chi connectivity index (χ4v) is 3.31. The highest BCUT2D eigenvalue weighted by Gasteiger charge is 2.20. The van der Waals surface area contributed by atoms with E-state index in [1.54, 1.807) is 18.2 Å². The van der Waals surface area contributed by atoms with Crippen molar-refractivity contribution in [2.24, 2.45) is 5.14 Å². The predicted molar refractivity (Wildman–Crippen MR) is 91.1 cm³/mol. The SMILES string of the molecule is NS(=O)(=O)c1ccc(Br)c(C(=O)Nc2ccc3c(c2)C(=O)NC3)c1. The molecule has 24 heavy (non-hydrogen) atoms. The van der Waals surface area contributed by atoms with Crippen LogP contribution in [0.25, 0.3) is 0 Å². The molecule has 0 unspecified atom stereocenters. The summed E-state index contributed by atoms with van der Waals surface area (Å²) in [5.74, 6) is -0.718. The summed E-state index contributed by atoms with van der Waals surface area (Å²) in [5.41, 5.74) is 1.91. The molecular weight excluding hydrogens is 398 g/mol. The summed E-state index contributed by atoms with van der Waals surface area (Å²) in [7, 11) is -3.92. The van der Waals surface area contributed by atoms with Gasteiger partial charge >= 0.3 is 0 Å². The van der Waals surface area contributed by atoms with Crippen molar-refractivity contribution in [2.75, 3.05) is 5.32 Å². The van der Waals surface area contributed by atoms with E-state index in [-0.39, 0.29) is 16.4 Å². The van der Waals surface area contributed by atoms with E-state index in [0.717, 1.165) is 5.56 Å². The molecule has 2 amide bonds. The molecule has 0 fully saturated rings. The Bertz CT molecular complexity index is 973. The first kappa shape index (κ1) is 16.6. The van der Waals surface area contributed by atoms with Gasteiger partial charge in [0.2, 0.25) is 10.0 Å². The lowest BCUT2D eigenvalue weighted by Crippen LogP contribution is -2.16. The maximum atomic E-state index is 12.4. The standard InChI is InChI=1S/C15H12BrN3O4S/c16-13-4-3-10(24(17,22)23)6-12(13)15(21)19-9-2-1-8-7-18-14(20)11(8)5-9/h1-6H,7H2,(H,18,20)(H,19,21)(H2,17,22,23). The van der Waals surface area contributed by atoms with Crippen LogP contribution in [0.3, 0.4) is 0 Å². The molecule has 0 atom stereocenters. The smallest absolute Gasteiger partial charge is 0.256 e. The second-order valence-electron chi connectivity index (χ2n) is 5.20. The second-order valence-corrected chi connectivity index (χ2v) is 7.61. The second kappa shape index (κ2) is 6.00. The molecule has 0 bridgehead atoms. The molecule has 1 heterocycles. The zero-order valence-corrected chi connectivity index (χ0v) is 14.6. The first-order valence-corrected chi connectivity index (χ1v) is 9.14. The number of carbonyl (C=O) groups is 2. The number of sulfonamides is 1. The number of nitrogens with two attached hydrogens (primary N) is 1. The van der Waals surface area contributed by atoms with Crippen LogP contribution >= 0.6 is 15.9 Å². The van der Waals surface area contributed by atoms with Crippen LogP contribution in [0.2, 0.25) is 0 Å². The van der Waals surface area contributed by atoms with E-state index in [2.05, 4.69) is 26.6 Å². The van der Waals surface area contributed by atoms with Gasteiger partial charge in [-0.25, -0.2) is 13.6 Å². The topological polar surface area (TPSA) is 118 Å². The summed E-state index contributed by atoms with van der Waals surface area (Å²) >= 11 is 3.21. The number of hydrogen-bond acceptors (Lipinski definition) is 4. The lowest BCUT2D eigenvalue weighted by molar-refractivity contribution is 0.0964. The predicted octanol–water partition coefficient (Wildman–Crippen LogP) is 1.59. The normalized spacial score (nSPS) is 13.3. The average Bonchev–Trinajstić information content (AvgIpc) is 2.87. The third-order valence-electron chi connectivity index (χ3n) is 3.56. The largest absolute Gasteiger partial charge is 0.348 e. The van der Waals surface area contributed by atoms with Crippen LogP contribution in [-0.4, -0.2) is 20.2 Å². The van der Waals surface area contributed by atoms with Crippen molar-refractivity contribution in [1.82, 2.24) is 5.32 Å². The van der Waals surface area contributed by atoms with Gasteiger partial charge in [0, 0.05) is 22.3 Å². The third-order valence-corrected chi connectivity index (χ3v) is 5.17. The number of benzene rings is 2. The molecule has 4 N–H and O–H groups in total. The van der Waals surface area contributed by atoms with Crippen molar-refractivity contribution in [3.63, 3.8) is 0 Å². The van der Waals surface area contributed by atoms with E-state index in [0.29, 0.717) is 22.3 Å². The van der Waals surface area contributed by atoms with Crippen LogP contribution in [0.5, 0.6) is 0 Å². The highest BCUT2D eigenvalue weighted by atomic mass is 79.9. The van der Waals surface area contributed by atoms with Gasteiger partial charge in [-0.3, -0.25) is 9.59 Å². The molecule has 7 nitrogen and oxygen atoms in total. The Kier molecular flexibility index (Phi) is 4.16. The number of primary sulfonamides is 1. The molecule has 0 spiro atoms. The quantitative estimate of drug-likeness (QED) is 0.712. The van der Waals surface area contributed by atoms with Crippen LogP contribution in [0, 0.1) is 0 Å². The van der Waals surface area contributed by atoms with Crippen LogP contribution < -0.4 is 15.8 Å². The zero-order valence-electron chi connectivity index (χ0n) is 12.2. The molecule has 1 aliphatic heterocycles. The molecule has 9 heteroatoms. The van der Waals surface area contributed by atoms with Gasteiger partial charge in [0.05, 0.1) is 10.5 Å². The fourth-order valence-electron chi connectivity index (χ4n) is 2.34. The number of hydrogen-bond donors (Lipinski definition) is 3. The van der Waals surface area contributed by atoms with Crippen LogP contribution in [-0.2, 0) is 16.6 Å². The highest BCUT2D eigenvalue weighted by molar-refractivity contribution is 9.10. The maximum Gasteiger partial charge on any atom is 0.256 e. The molecule has 2 aromatic carbocycles. The molecule has 124 valence electrons. The Morgan fingerprint density at radius 2 is 1.96 bits per heavy atom. The molecule has 0 saturated heterocycles. The molecule has 3 rings (SSSR count). The summed E-state index contributed by atoms with van der Waals surface area (Å²) in [6.07, 6.45) is 0. The third kappa shape index (κ3) is 3.18. The lowest BCUT2D eigenvalue weighted by atomic mass is 10.1. The van der Waals surface area contributed by atoms with Crippen molar-refractivity contribution in [3.8, 4) is 0 Å². The summed E-state index contributed by atoms with van der Waals surface area (Å²) in [6.45, 7) is 0.463. The monoisotopic (exact) mass is 409 g/mol. The summed E-state index contributed by atoms with van der Waals surface area (Å²) in [4.78, 5) is 23.9. The number of fused-ring (bicyclic) bond motifs is 1. The van der Waals surface area contributed by atoms with Crippen LogP contribution in [0.4, 0.5) is 5.69 Å². The van der Waals surface area contributed by atoms with Crippen molar-refractivity contribution < 1.29 is 18.0 Å². The molecule has 1 aliphatic rings. The van der Waals surface area contributed by atoms with Gasteiger partial charge in [-0.15, -0.1) is 0 Å². The van der Waals surface area contributed by atoms with Crippen molar-refractivity contribution >= 4 is 43.5 Å². The molecule has 0 saturated carbocycles. The first-order valence-electron chi connectivity index (χ1n) is 6.80. The van der Waals surface area contributed by atoms with Gasteiger partial charge in [-0.2, -0.15) is 0 Å². The Hall–Kier alpha value is -2.23. The minimum atomic E-state index is -3.92. The molecule has 0 aliphatic carbocycles. The number of halogens is 1. The number of anilines is 1. The van der Waals surface area contributed by atoms with E-state index >= 15 is 0 Å². The zero-order chi connectivity index (χ0) is 17.5. The van der Waals surface area contributed by atoms with E-state index in [1.165, 1.54) is 18.2 Å². The first-order chi connectivity index (χ1) is 11.3. The Morgan fingerprint density at radius 3 is 2.67 bits per heavy atom. The van der Waals surface area contributed by atoms with Crippen molar-refractivity contribution in [3.05, 3.63) is 57.6 Å². The number of amides is 2. The van der Waals surface area contributed by atoms with Crippen LogP contribution in [0.15, 0.2) is 45.8 Å². The summed E-state index contributed by atoms with van der Waals surface area (Å²) in [5, 5.41) is 10.4. The van der Waals surface area contributed by atoms with Gasteiger partial charge in [0.25, 0.3) is 11.8 Å². The fraction of sp³-hybridized carbons (Fsp3) is 0.0667. The number of nitrogens with one attached hydrogen (secondary N) is 2. The average molecular weight is 410 g/mol. The minimum Gasteiger partial charge on any atom is -0.348 e. The minimum absolute atomic E-state index is 0.117. The lowest BCUT2D eigenvalue weighted by Gasteiger charge is -2.09. The van der Waals surface area contributed by atoms with Crippen LogP contribution in [0.1, 0.15) is 26.3 Å². The Balaban J connectivity index is 1.91. The van der Waals surface area contributed by atoms with E-state index in [1.807, 2.05) is 0 Å². The molecule has 0 aromatic heterocycles. The van der Waals surface area contributed by atoms with E-state index in [9.17, 15) is 18.0 Å². The van der Waals surface area contributed by atoms with Crippen molar-refractivity contribution in [1.29, 1.82) is 0 Å². The number of rotatable bonds is 3. The van der Waals surface area contributed by atoms with E-state index < -0.39 is 15.9 Å². The van der Waals surface area contributed by atoms with Crippen molar-refractivity contribution in [2.45, 2.75) is 11.4 Å². The molecule has 0 radical (unpaired) electrons. The summed E-state index contributed by atoms with van der Waals surface area (Å²) in [6, 6.07) is 8.93.